The fourth-order valence-corrected chi connectivity index (χ4v) is 5.17. The molecule has 1 saturated heterocycles. The summed E-state index contributed by atoms with van der Waals surface area (Å²) in [5.74, 6) is 1.57. The lowest BCUT2D eigenvalue weighted by Crippen LogP contribution is -2.51. The number of rotatable bonds is 10. The number of amides is 1. The third kappa shape index (κ3) is 5.37. The number of aryl methyl sites for hydroxylation is 1. The number of methoxy groups -OCH3 is 2. The van der Waals surface area contributed by atoms with Crippen molar-refractivity contribution in [1.82, 2.24) is 0 Å². The van der Waals surface area contributed by atoms with Gasteiger partial charge in [-0.25, -0.2) is 0 Å². The highest BCUT2D eigenvalue weighted by atomic mass is 32.2. The van der Waals surface area contributed by atoms with Gasteiger partial charge >= 0.3 is 0 Å². The molecule has 1 atom stereocenters. The fraction of sp³-hybridized carbons (Fsp3) is 0.435. The predicted molar refractivity (Wildman–Crippen MR) is 118 cm³/mol. The molecule has 7 nitrogen and oxygen atoms in total. The van der Waals surface area contributed by atoms with Gasteiger partial charge in [0.15, 0.2) is 11.5 Å². The van der Waals surface area contributed by atoms with Crippen molar-refractivity contribution in [3.63, 3.8) is 0 Å². The minimum absolute atomic E-state index is 0.364. The van der Waals surface area contributed by atoms with E-state index in [2.05, 4.69) is 0 Å². The van der Waals surface area contributed by atoms with E-state index < -0.39 is 21.5 Å². The van der Waals surface area contributed by atoms with Crippen LogP contribution in [0.15, 0.2) is 47.4 Å². The molecule has 1 heterocycles. The molecule has 1 amide bonds. The van der Waals surface area contributed by atoms with Gasteiger partial charge in [0, 0.05) is 18.1 Å². The Bertz CT molecular complexity index is 909. The number of ether oxygens (including phenoxy) is 4. The minimum atomic E-state index is -1.54. The zero-order valence-electron chi connectivity index (χ0n) is 17.9. The Morgan fingerprint density at radius 3 is 2.35 bits per heavy atom. The van der Waals surface area contributed by atoms with Crippen LogP contribution in [0, 0.1) is 0 Å². The van der Waals surface area contributed by atoms with E-state index in [1.54, 1.807) is 38.5 Å². The van der Waals surface area contributed by atoms with Crippen LogP contribution >= 0.6 is 0 Å². The molecule has 2 N–H and O–H groups in total. The second-order valence-corrected chi connectivity index (χ2v) is 9.14. The molecule has 0 radical (unpaired) electrons. The molecule has 2 aromatic rings. The molecule has 0 aromatic heterocycles. The van der Waals surface area contributed by atoms with Gasteiger partial charge in [0.2, 0.25) is 5.91 Å². The summed E-state index contributed by atoms with van der Waals surface area (Å²) in [6.07, 6.45) is 2.40. The van der Waals surface area contributed by atoms with Gasteiger partial charge in [-0.2, -0.15) is 0 Å². The molecule has 0 bridgehead atoms. The van der Waals surface area contributed by atoms with Crippen LogP contribution in [0.5, 0.6) is 17.2 Å². The first kappa shape index (κ1) is 23.1. The van der Waals surface area contributed by atoms with Gasteiger partial charge in [0.1, 0.15) is 10.5 Å². The number of primary amides is 1. The number of hydrogen-bond donors (Lipinski definition) is 1. The molecule has 31 heavy (non-hydrogen) atoms. The van der Waals surface area contributed by atoms with Crippen LogP contribution < -0.4 is 19.9 Å². The number of carbonyl (C=O) groups excluding carboxylic acids is 1. The van der Waals surface area contributed by atoms with Crippen molar-refractivity contribution in [2.45, 2.75) is 35.3 Å². The quantitative estimate of drug-likeness (QED) is 0.563. The summed E-state index contributed by atoms with van der Waals surface area (Å²) in [4.78, 5) is 12.6. The second kappa shape index (κ2) is 10.6. The van der Waals surface area contributed by atoms with Crippen molar-refractivity contribution in [2.75, 3.05) is 34.0 Å². The Kier molecular flexibility index (Phi) is 7.92. The molecular formula is C23H29NO6S. The average molecular weight is 448 g/mol. The van der Waals surface area contributed by atoms with Crippen LogP contribution in [0.2, 0.25) is 0 Å². The SMILES string of the molecule is COc1ccc(CCCOc2ccc(S(=O)C3(C(N)=O)CCOCC3)cc2)cc1OC. The van der Waals surface area contributed by atoms with Crippen molar-refractivity contribution in [3.05, 3.63) is 48.0 Å². The summed E-state index contributed by atoms with van der Waals surface area (Å²) >= 11 is 0. The molecule has 1 unspecified atom stereocenters. The van der Waals surface area contributed by atoms with E-state index in [0.29, 0.717) is 54.8 Å². The third-order valence-corrected chi connectivity index (χ3v) is 7.49. The van der Waals surface area contributed by atoms with Crippen LogP contribution in [0.1, 0.15) is 24.8 Å². The van der Waals surface area contributed by atoms with Crippen LogP contribution in [0.25, 0.3) is 0 Å². The Morgan fingerprint density at radius 1 is 1.06 bits per heavy atom. The normalized spacial score (nSPS) is 16.3. The summed E-state index contributed by atoms with van der Waals surface area (Å²) in [7, 11) is 1.70. The summed E-state index contributed by atoms with van der Waals surface area (Å²) in [6, 6.07) is 12.9. The van der Waals surface area contributed by atoms with E-state index in [1.165, 1.54) is 0 Å². The fourth-order valence-electron chi connectivity index (χ4n) is 3.61. The van der Waals surface area contributed by atoms with Crippen molar-refractivity contribution >= 4 is 16.7 Å². The van der Waals surface area contributed by atoms with Gasteiger partial charge in [0.25, 0.3) is 0 Å². The van der Waals surface area contributed by atoms with Gasteiger partial charge in [0.05, 0.1) is 31.6 Å². The minimum Gasteiger partial charge on any atom is -0.494 e. The first-order valence-electron chi connectivity index (χ1n) is 10.2. The Balaban J connectivity index is 1.54. The molecule has 8 heteroatoms. The maximum Gasteiger partial charge on any atom is 0.236 e. The smallest absolute Gasteiger partial charge is 0.236 e. The van der Waals surface area contributed by atoms with E-state index >= 15 is 0 Å². The number of benzene rings is 2. The summed E-state index contributed by atoms with van der Waals surface area (Å²) < 4.78 is 33.7. The standard InChI is InChI=1S/C23H29NO6S/c1-27-20-10-5-17(16-21(20)28-2)4-3-13-30-18-6-8-19(9-7-18)31(26)23(22(24)25)11-14-29-15-12-23/h5-10,16H,3-4,11-15H2,1-2H3,(H2,24,25). The van der Waals surface area contributed by atoms with E-state index in [0.717, 1.165) is 18.4 Å². The Hall–Kier alpha value is -2.58. The first-order chi connectivity index (χ1) is 15.0. The lowest BCUT2D eigenvalue weighted by Gasteiger charge is -2.33. The molecule has 168 valence electrons. The number of hydrogen-bond acceptors (Lipinski definition) is 6. The zero-order chi connectivity index (χ0) is 22.3. The van der Waals surface area contributed by atoms with Crippen LogP contribution in [-0.4, -0.2) is 48.9 Å². The highest BCUT2D eigenvalue weighted by Gasteiger charge is 2.45. The average Bonchev–Trinajstić information content (AvgIpc) is 2.82. The van der Waals surface area contributed by atoms with E-state index in [9.17, 15) is 9.00 Å². The van der Waals surface area contributed by atoms with Crippen LogP contribution in [0.3, 0.4) is 0 Å². The predicted octanol–water partition coefficient (Wildman–Crippen LogP) is 2.86. The van der Waals surface area contributed by atoms with Gasteiger partial charge in [-0.05, 0) is 67.6 Å². The number of carbonyl (C=O) groups is 1. The van der Waals surface area contributed by atoms with Gasteiger partial charge < -0.3 is 24.7 Å². The van der Waals surface area contributed by atoms with Crippen molar-refractivity contribution in [2.24, 2.45) is 5.73 Å². The van der Waals surface area contributed by atoms with E-state index in [-0.39, 0.29) is 0 Å². The highest BCUT2D eigenvalue weighted by molar-refractivity contribution is 7.87. The Labute approximate surface area is 185 Å². The first-order valence-corrected chi connectivity index (χ1v) is 11.4. The molecular weight excluding hydrogens is 418 g/mol. The van der Waals surface area contributed by atoms with E-state index in [4.69, 9.17) is 24.7 Å². The monoisotopic (exact) mass is 447 g/mol. The molecule has 0 spiro atoms. The largest absolute Gasteiger partial charge is 0.494 e. The summed E-state index contributed by atoms with van der Waals surface area (Å²) in [5.41, 5.74) is 6.75. The summed E-state index contributed by atoms with van der Waals surface area (Å²) in [5, 5.41) is 0. The third-order valence-electron chi connectivity index (χ3n) is 5.47. The van der Waals surface area contributed by atoms with Gasteiger partial charge in [-0.15, -0.1) is 0 Å². The molecule has 0 saturated carbocycles. The van der Waals surface area contributed by atoms with Crippen molar-refractivity contribution < 1.29 is 28.0 Å². The maximum absolute atomic E-state index is 13.1. The topological polar surface area (TPSA) is 97.1 Å². The Morgan fingerprint density at radius 2 is 1.74 bits per heavy atom. The molecule has 0 aliphatic carbocycles. The molecule has 1 fully saturated rings. The highest BCUT2D eigenvalue weighted by Crippen LogP contribution is 2.32. The maximum atomic E-state index is 13.1. The molecule has 3 rings (SSSR count). The second-order valence-electron chi connectivity index (χ2n) is 7.35. The van der Waals surface area contributed by atoms with Gasteiger partial charge in [-0.1, -0.05) is 6.07 Å². The van der Waals surface area contributed by atoms with E-state index in [1.807, 2.05) is 18.2 Å². The molecule has 1 aliphatic heterocycles. The van der Waals surface area contributed by atoms with Gasteiger partial charge in [-0.3, -0.25) is 9.00 Å². The molecule has 2 aromatic carbocycles. The van der Waals surface area contributed by atoms with Crippen molar-refractivity contribution in [1.29, 1.82) is 0 Å². The van der Waals surface area contributed by atoms with Crippen LogP contribution in [-0.2, 0) is 26.8 Å². The number of nitrogens with two attached hydrogens (primary N) is 1. The lowest BCUT2D eigenvalue weighted by molar-refractivity contribution is -0.122. The van der Waals surface area contributed by atoms with Crippen LogP contribution in [0.4, 0.5) is 0 Å². The zero-order valence-corrected chi connectivity index (χ0v) is 18.7. The molecule has 1 aliphatic rings. The summed E-state index contributed by atoms with van der Waals surface area (Å²) in [6.45, 7) is 1.31. The van der Waals surface area contributed by atoms with Crippen molar-refractivity contribution in [3.8, 4) is 17.2 Å². The lowest BCUT2D eigenvalue weighted by atomic mass is 9.98.